The molecule has 0 spiro atoms. The normalized spacial score (nSPS) is 12.2. The smallest absolute Gasteiger partial charge is 0.125 e. The van der Waals surface area contributed by atoms with Gasteiger partial charge in [0.25, 0.3) is 0 Å². The predicted octanol–water partition coefficient (Wildman–Crippen LogP) is 3.97. The van der Waals surface area contributed by atoms with Crippen LogP contribution >= 0.6 is 0 Å². The second kappa shape index (κ2) is 6.72. The first kappa shape index (κ1) is 15.5. The molecule has 2 N–H and O–H groups in total. The topological polar surface area (TPSA) is 29.3 Å². The van der Waals surface area contributed by atoms with Gasteiger partial charge in [-0.05, 0) is 55.7 Å². The predicted molar refractivity (Wildman–Crippen MR) is 87.1 cm³/mol. The molecule has 0 amide bonds. The number of rotatable bonds is 5. The maximum atomic E-state index is 13.5. The van der Waals surface area contributed by atoms with Crippen LogP contribution in [0, 0.1) is 19.7 Å². The molecule has 0 saturated carbocycles. The van der Waals surface area contributed by atoms with Crippen molar-refractivity contribution in [1.29, 1.82) is 0 Å². The molecular formula is C18H23FN2. The molecule has 0 radical (unpaired) electrons. The first-order valence-electron chi connectivity index (χ1n) is 7.36. The molecule has 2 aromatic carbocycles. The Morgan fingerprint density at radius 1 is 1.10 bits per heavy atom. The summed E-state index contributed by atoms with van der Waals surface area (Å²) in [5.74, 6) is -0.221. The van der Waals surface area contributed by atoms with Crippen molar-refractivity contribution < 1.29 is 4.39 Å². The highest BCUT2D eigenvalue weighted by Crippen LogP contribution is 2.28. The molecule has 2 rings (SSSR count). The highest BCUT2D eigenvalue weighted by Gasteiger charge is 2.19. The summed E-state index contributed by atoms with van der Waals surface area (Å²) >= 11 is 0. The lowest BCUT2D eigenvalue weighted by Crippen LogP contribution is -2.33. The van der Waals surface area contributed by atoms with Gasteiger partial charge in [0, 0.05) is 18.8 Å². The molecule has 0 saturated heterocycles. The summed E-state index contributed by atoms with van der Waals surface area (Å²) in [4.78, 5) is 2.15. The van der Waals surface area contributed by atoms with Crippen molar-refractivity contribution >= 4 is 5.69 Å². The Balaban J connectivity index is 2.39. The summed E-state index contributed by atoms with van der Waals surface area (Å²) in [5, 5.41) is 0. The molecule has 2 aromatic rings. The van der Waals surface area contributed by atoms with E-state index in [9.17, 15) is 4.39 Å². The summed E-state index contributed by atoms with van der Waals surface area (Å²) in [7, 11) is 0. The second-order valence-electron chi connectivity index (χ2n) is 5.36. The standard InChI is InChI=1S/C18H23FN2/c1-4-21(17-7-5-6-16(19)11-17)18(12-20)15-9-8-13(2)14(3)10-15/h5-11,18H,4,12,20H2,1-3H3. The minimum Gasteiger partial charge on any atom is -0.363 e. The molecule has 1 atom stereocenters. The SMILES string of the molecule is CCN(c1cccc(F)c1)C(CN)c1ccc(C)c(C)c1. The number of nitrogens with two attached hydrogens (primary N) is 1. The Bertz CT molecular complexity index is 610. The fourth-order valence-corrected chi connectivity index (χ4v) is 2.65. The van der Waals surface area contributed by atoms with Gasteiger partial charge >= 0.3 is 0 Å². The van der Waals surface area contributed by atoms with E-state index in [1.807, 2.05) is 6.07 Å². The average molecular weight is 286 g/mol. The molecule has 1 unspecified atom stereocenters. The van der Waals surface area contributed by atoms with Gasteiger partial charge in [0.2, 0.25) is 0 Å². The number of halogens is 1. The number of likely N-dealkylation sites (N-methyl/N-ethyl adjacent to an activating group) is 1. The molecule has 0 aromatic heterocycles. The zero-order valence-electron chi connectivity index (χ0n) is 12.9. The highest BCUT2D eigenvalue weighted by atomic mass is 19.1. The van der Waals surface area contributed by atoms with E-state index in [2.05, 4.69) is 43.9 Å². The highest BCUT2D eigenvalue weighted by molar-refractivity contribution is 5.49. The lowest BCUT2D eigenvalue weighted by Gasteiger charge is -2.32. The van der Waals surface area contributed by atoms with Crippen LogP contribution in [0.4, 0.5) is 10.1 Å². The van der Waals surface area contributed by atoms with E-state index in [-0.39, 0.29) is 11.9 Å². The van der Waals surface area contributed by atoms with Crippen molar-refractivity contribution in [3.05, 3.63) is 65.0 Å². The summed E-state index contributed by atoms with van der Waals surface area (Å²) in [5.41, 5.74) is 10.6. The van der Waals surface area contributed by atoms with Crippen LogP contribution in [-0.2, 0) is 0 Å². The van der Waals surface area contributed by atoms with Crippen LogP contribution in [0.1, 0.15) is 29.7 Å². The number of hydrogen-bond acceptors (Lipinski definition) is 2. The van der Waals surface area contributed by atoms with Crippen LogP contribution in [0.15, 0.2) is 42.5 Å². The largest absolute Gasteiger partial charge is 0.363 e. The number of hydrogen-bond donors (Lipinski definition) is 1. The van der Waals surface area contributed by atoms with Crippen LogP contribution in [0.25, 0.3) is 0 Å². The third-order valence-corrected chi connectivity index (χ3v) is 4.00. The van der Waals surface area contributed by atoms with Crippen LogP contribution in [0.3, 0.4) is 0 Å². The van der Waals surface area contributed by atoms with Gasteiger partial charge in [-0.25, -0.2) is 4.39 Å². The zero-order valence-corrected chi connectivity index (χ0v) is 12.9. The molecule has 112 valence electrons. The van der Waals surface area contributed by atoms with Crippen LogP contribution < -0.4 is 10.6 Å². The van der Waals surface area contributed by atoms with Crippen molar-refractivity contribution in [1.82, 2.24) is 0 Å². The van der Waals surface area contributed by atoms with E-state index in [1.54, 1.807) is 12.1 Å². The lowest BCUT2D eigenvalue weighted by molar-refractivity contribution is 0.616. The summed E-state index contributed by atoms with van der Waals surface area (Å²) in [6.45, 7) is 7.53. The quantitative estimate of drug-likeness (QED) is 0.901. The van der Waals surface area contributed by atoms with Crippen molar-refractivity contribution in [2.24, 2.45) is 5.73 Å². The van der Waals surface area contributed by atoms with Gasteiger partial charge in [-0.2, -0.15) is 0 Å². The van der Waals surface area contributed by atoms with E-state index in [4.69, 9.17) is 5.73 Å². The lowest BCUT2D eigenvalue weighted by atomic mass is 9.99. The molecule has 0 bridgehead atoms. The Hall–Kier alpha value is -1.87. The third kappa shape index (κ3) is 3.42. The fourth-order valence-electron chi connectivity index (χ4n) is 2.65. The molecule has 21 heavy (non-hydrogen) atoms. The molecule has 2 nitrogen and oxygen atoms in total. The molecule has 0 aliphatic carbocycles. The second-order valence-corrected chi connectivity index (χ2v) is 5.36. The first-order valence-corrected chi connectivity index (χ1v) is 7.36. The number of benzene rings is 2. The van der Waals surface area contributed by atoms with Gasteiger partial charge in [-0.15, -0.1) is 0 Å². The van der Waals surface area contributed by atoms with Gasteiger partial charge in [-0.3, -0.25) is 0 Å². The minimum atomic E-state index is -0.221. The van der Waals surface area contributed by atoms with Crippen LogP contribution in [0.2, 0.25) is 0 Å². The van der Waals surface area contributed by atoms with E-state index in [1.165, 1.54) is 22.8 Å². The Labute approximate surface area is 126 Å². The van der Waals surface area contributed by atoms with E-state index in [0.29, 0.717) is 6.54 Å². The molecular weight excluding hydrogens is 263 g/mol. The maximum Gasteiger partial charge on any atom is 0.125 e. The fraction of sp³-hybridized carbons (Fsp3) is 0.333. The molecule has 0 heterocycles. The number of aryl methyl sites for hydroxylation is 2. The van der Waals surface area contributed by atoms with E-state index in [0.717, 1.165) is 12.2 Å². The van der Waals surface area contributed by atoms with Crippen molar-refractivity contribution in [2.75, 3.05) is 18.0 Å². The van der Waals surface area contributed by atoms with E-state index < -0.39 is 0 Å². The zero-order chi connectivity index (χ0) is 15.4. The van der Waals surface area contributed by atoms with Gasteiger partial charge in [0.15, 0.2) is 0 Å². The molecule has 0 aliphatic heterocycles. The molecule has 0 fully saturated rings. The summed E-state index contributed by atoms with van der Waals surface area (Å²) in [6.07, 6.45) is 0. The van der Waals surface area contributed by atoms with Gasteiger partial charge < -0.3 is 10.6 Å². The number of anilines is 1. The summed E-state index contributed by atoms with van der Waals surface area (Å²) in [6, 6.07) is 13.1. The average Bonchev–Trinajstić information content (AvgIpc) is 2.47. The van der Waals surface area contributed by atoms with Gasteiger partial charge in [0.05, 0.1) is 6.04 Å². The Kier molecular flexibility index (Phi) is 4.97. The maximum absolute atomic E-state index is 13.5. The third-order valence-electron chi connectivity index (χ3n) is 4.00. The van der Waals surface area contributed by atoms with Crippen LogP contribution in [-0.4, -0.2) is 13.1 Å². The molecule has 3 heteroatoms. The Morgan fingerprint density at radius 2 is 1.86 bits per heavy atom. The van der Waals surface area contributed by atoms with Crippen molar-refractivity contribution in [3.63, 3.8) is 0 Å². The van der Waals surface area contributed by atoms with E-state index >= 15 is 0 Å². The summed E-state index contributed by atoms with van der Waals surface area (Å²) < 4.78 is 13.5. The number of nitrogens with zero attached hydrogens (tertiary/aromatic N) is 1. The van der Waals surface area contributed by atoms with Gasteiger partial charge in [-0.1, -0.05) is 24.3 Å². The van der Waals surface area contributed by atoms with Crippen LogP contribution in [0.5, 0.6) is 0 Å². The molecule has 0 aliphatic rings. The van der Waals surface area contributed by atoms with Crippen molar-refractivity contribution in [2.45, 2.75) is 26.8 Å². The van der Waals surface area contributed by atoms with Gasteiger partial charge in [0.1, 0.15) is 5.82 Å². The Morgan fingerprint density at radius 3 is 2.43 bits per heavy atom. The monoisotopic (exact) mass is 286 g/mol. The van der Waals surface area contributed by atoms with Crippen molar-refractivity contribution in [3.8, 4) is 0 Å². The first-order chi connectivity index (χ1) is 10.1. The minimum absolute atomic E-state index is 0.0519.